The lowest BCUT2D eigenvalue weighted by Crippen LogP contribution is -1.99. The highest BCUT2D eigenvalue weighted by molar-refractivity contribution is 7.82. The molecule has 0 heterocycles. The van der Waals surface area contributed by atoms with Crippen LogP contribution < -0.4 is 0 Å². The van der Waals surface area contributed by atoms with Crippen molar-refractivity contribution >= 4 is 23.8 Å². The van der Waals surface area contributed by atoms with Crippen LogP contribution in [0.1, 0.15) is 16.7 Å². The first kappa shape index (κ1) is 17.9. The fourth-order valence-corrected chi connectivity index (χ4v) is 6.24. The van der Waals surface area contributed by atoms with E-state index in [-0.39, 0.29) is 0 Å². The molecule has 0 radical (unpaired) electrons. The van der Waals surface area contributed by atoms with Crippen LogP contribution >= 0.6 is 6.89 Å². The highest BCUT2D eigenvalue weighted by Crippen LogP contribution is 2.62. The molecule has 0 aliphatic carbocycles. The second-order valence-corrected chi connectivity index (χ2v) is 9.36. The van der Waals surface area contributed by atoms with Gasteiger partial charge in [0.25, 0.3) is 0 Å². The van der Waals surface area contributed by atoms with Crippen molar-refractivity contribution in [1.82, 2.24) is 0 Å². The number of carbonyl (C=O) groups excluding carboxylic acids is 2. The first-order valence-corrected chi connectivity index (χ1v) is 10.6. The van der Waals surface area contributed by atoms with Gasteiger partial charge in [0.05, 0.1) is 5.31 Å². The lowest BCUT2D eigenvalue weighted by atomic mass is 10.2. The number of hydrogen-bond acceptors (Lipinski definition) is 2. The molecular weight excluding hydrogens is 339 g/mol. The maximum atomic E-state index is 12.3. The Kier molecular flexibility index (Phi) is 5.84. The lowest BCUT2D eigenvalue weighted by Gasteiger charge is -2.23. The Bertz CT molecular complexity index is 937. The smallest absolute Gasteiger partial charge is 0.134 e. The second kappa shape index (κ2) is 8.48. The van der Waals surface area contributed by atoms with E-state index in [9.17, 15) is 9.59 Å². The summed E-state index contributed by atoms with van der Waals surface area (Å²) in [6.07, 6.45) is 1.01. The molecule has 3 aromatic carbocycles. The predicted octanol–water partition coefficient (Wildman–Crippen LogP) is 5.34. The predicted molar refractivity (Wildman–Crippen MR) is 108 cm³/mol. The van der Waals surface area contributed by atoms with Crippen LogP contribution in [0.15, 0.2) is 91.0 Å². The number of rotatable bonds is 6. The zero-order valence-electron chi connectivity index (χ0n) is 14.3. The van der Waals surface area contributed by atoms with Gasteiger partial charge in [-0.25, -0.2) is 9.59 Å². The molecule has 3 heteroatoms. The minimum Gasteiger partial charge on any atom is -0.234 e. The van der Waals surface area contributed by atoms with Crippen molar-refractivity contribution in [2.75, 3.05) is 0 Å². The summed E-state index contributed by atoms with van der Waals surface area (Å²) in [5, 5.41) is 0.459. The molecule has 0 unspecified atom stereocenters. The van der Waals surface area contributed by atoms with Gasteiger partial charge in [-0.05, 0) is 16.7 Å². The van der Waals surface area contributed by atoms with Crippen molar-refractivity contribution in [2.24, 2.45) is 0 Å². The number of benzene rings is 3. The van der Waals surface area contributed by atoms with Crippen molar-refractivity contribution in [2.45, 2.75) is 12.3 Å². The molecule has 0 atom stereocenters. The third kappa shape index (κ3) is 4.02. The van der Waals surface area contributed by atoms with Crippen LogP contribution in [0.2, 0.25) is 0 Å². The Morgan fingerprint density at radius 2 is 1.08 bits per heavy atom. The van der Waals surface area contributed by atoms with Gasteiger partial charge in [-0.2, -0.15) is 0 Å². The molecule has 0 aliphatic rings. The maximum Gasteiger partial charge on any atom is 0.134 e. The number of hydrogen-bond donors (Lipinski definition) is 0. The lowest BCUT2D eigenvalue weighted by molar-refractivity contribution is 0.569. The van der Waals surface area contributed by atoms with Crippen LogP contribution in [0.3, 0.4) is 0 Å². The minimum atomic E-state index is -2.57. The first-order chi connectivity index (χ1) is 12.8. The molecule has 26 heavy (non-hydrogen) atoms. The van der Waals surface area contributed by atoms with Gasteiger partial charge >= 0.3 is 0 Å². The third-order valence-electron chi connectivity index (χ3n) is 4.34. The van der Waals surface area contributed by atoms with Gasteiger partial charge in [-0.3, -0.25) is 0 Å². The zero-order valence-corrected chi connectivity index (χ0v) is 15.2. The highest BCUT2D eigenvalue weighted by Gasteiger charge is 2.28. The van der Waals surface area contributed by atoms with Gasteiger partial charge in [0, 0.05) is 19.2 Å². The van der Waals surface area contributed by atoms with E-state index < -0.39 is 6.89 Å². The SMILES string of the molecule is O=C=C(c1ccccc1)P(=C=O)(Cc1ccccc1)Cc1ccccc1. The summed E-state index contributed by atoms with van der Waals surface area (Å²) in [6, 6.07) is 29.0. The van der Waals surface area contributed by atoms with Crippen molar-refractivity contribution < 1.29 is 9.59 Å². The van der Waals surface area contributed by atoms with Gasteiger partial charge in [0.1, 0.15) is 11.6 Å². The molecule has 0 spiro atoms. The van der Waals surface area contributed by atoms with E-state index in [2.05, 4.69) is 11.6 Å². The van der Waals surface area contributed by atoms with E-state index in [4.69, 9.17) is 0 Å². The summed E-state index contributed by atoms with van der Waals surface area (Å²) in [7, 11) is 0. The minimum absolute atomic E-state index is 0.459. The van der Waals surface area contributed by atoms with Crippen molar-refractivity contribution in [3.05, 3.63) is 108 Å². The molecule has 0 N–H and O–H groups in total. The summed E-state index contributed by atoms with van der Waals surface area (Å²) >= 11 is 0. The van der Waals surface area contributed by atoms with Crippen LogP contribution in [0.5, 0.6) is 0 Å². The average Bonchev–Trinajstić information content (AvgIpc) is 2.71. The topological polar surface area (TPSA) is 34.1 Å². The molecule has 0 aromatic heterocycles. The maximum absolute atomic E-state index is 12.3. The Morgan fingerprint density at radius 1 is 0.654 bits per heavy atom. The van der Waals surface area contributed by atoms with Crippen LogP contribution in [-0.2, 0) is 21.9 Å². The monoisotopic (exact) mass is 358 g/mol. The van der Waals surface area contributed by atoms with Crippen LogP contribution in [0.4, 0.5) is 0 Å². The summed E-state index contributed by atoms with van der Waals surface area (Å²) in [5.74, 6) is 2.10. The molecule has 3 rings (SSSR count). The molecule has 0 saturated carbocycles. The Hall–Kier alpha value is -2.88. The van der Waals surface area contributed by atoms with Crippen molar-refractivity contribution in [1.29, 1.82) is 0 Å². The van der Waals surface area contributed by atoms with Crippen LogP contribution in [0.25, 0.3) is 5.31 Å². The van der Waals surface area contributed by atoms with E-state index in [1.54, 1.807) is 0 Å². The summed E-state index contributed by atoms with van der Waals surface area (Å²) < 4.78 is 0. The molecule has 3 aromatic rings. The molecule has 0 aliphatic heterocycles. The van der Waals surface area contributed by atoms with Gasteiger partial charge in [-0.1, -0.05) is 91.0 Å². The average molecular weight is 358 g/mol. The van der Waals surface area contributed by atoms with Gasteiger partial charge < -0.3 is 0 Å². The van der Waals surface area contributed by atoms with E-state index in [0.717, 1.165) is 16.7 Å². The summed E-state index contributed by atoms with van der Waals surface area (Å²) in [6.45, 7) is -2.57. The largest absolute Gasteiger partial charge is 0.234 e. The summed E-state index contributed by atoms with van der Waals surface area (Å²) in [5.41, 5.74) is 5.14. The van der Waals surface area contributed by atoms with Crippen molar-refractivity contribution in [3.8, 4) is 0 Å². The molecular formula is C23H19O2P. The Morgan fingerprint density at radius 3 is 1.46 bits per heavy atom. The molecule has 0 fully saturated rings. The molecule has 0 saturated heterocycles. The quantitative estimate of drug-likeness (QED) is 0.440. The Labute approximate surface area is 153 Å². The van der Waals surface area contributed by atoms with Gasteiger partial charge in [-0.15, -0.1) is 0 Å². The third-order valence-corrected chi connectivity index (χ3v) is 7.70. The first-order valence-electron chi connectivity index (χ1n) is 8.43. The van der Waals surface area contributed by atoms with Crippen LogP contribution in [-0.4, -0.2) is 11.6 Å². The van der Waals surface area contributed by atoms with E-state index >= 15 is 0 Å². The van der Waals surface area contributed by atoms with E-state index in [1.165, 1.54) is 0 Å². The summed E-state index contributed by atoms with van der Waals surface area (Å²) in [4.78, 5) is 24.3. The fraction of sp³-hybridized carbons (Fsp3) is 0.0870. The second-order valence-electron chi connectivity index (χ2n) is 6.16. The normalized spacial score (nSPS) is 10.6. The standard InChI is InChI=1S/C23H19O2P/c24-16-23(22-14-8-3-9-15-22)26(19-25,17-20-10-4-1-5-11-20)18-21-12-6-2-7-13-21/h1-15H,17-18H2. The zero-order chi connectivity index (χ0) is 18.2. The van der Waals surface area contributed by atoms with Gasteiger partial charge in [0.15, 0.2) is 0 Å². The molecule has 128 valence electrons. The Balaban J connectivity index is 2.14. The fourth-order valence-electron chi connectivity index (χ4n) is 3.10. The van der Waals surface area contributed by atoms with E-state index in [1.807, 2.05) is 91.0 Å². The highest BCUT2D eigenvalue weighted by atomic mass is 31.2. The molecule has 0 bridgehead atoms. The van der Waals surface area contributed by atoms with Crippen LogP contribution in [0, 0.1) is 0 Å². The molecule has 2 nitrogen and oxygen atoms in total. The van der Waals surface area contributed by atoms with Gasteiger partial charge in [0.2, 0.25) is 0 Å². The molecule has 0 amide bonds. The van der Waals surface area contributed by atoms with Crippen molar-refractivity contribution in [3.63, 3.8) is 0 Å². The van der Waals surface area contributed by atoms with E-state index in [0.29, 0.717) is 17.6 Å².